The van der Waals surface area contributed by atoms with Gasteiger partial charge in [-0.05, 0) is 23.3 Å². The molecule has 0 amide bonds. The lowest BCUT2D eigenvalue weighted by Crippen LogP contribution is -2.12. The van der Waals surface area contributed by atoms with E-state index in [1.54, 1.807) is 0 Å². The van der Waals surface area contributed by atoms with Crippen LogP contribution in [-0.4, -0.2) is 24.1 Å². The molecule has 0 spiro atoms. The minimum Gasteiger partial charge on any atom is -0.493 e. The molecule has 80 valence electrons. The molecule has 0 saturated carbocycles. The minimum absolute atomic E-state index is 0.311. The van der Waals surface area contributed by atoms with Gasteiger partial charge in [0.25, 0.3) is 0 Å². The zero-order chi connectivity index (χ0) is 10.8. The summed E-state index contributed by atoms with van der Waals surface area (Å²) in [4.78, 5) is 10.4. The Morgan fingerprint density at radius 1 is 1.60 bits per heavy atom. The van der Waals surface area contributed by atoms with Gasteiger partial charge in [-0.3, -0.25) is 0 Å². The van der Waals surface area contributed by atoms with E-state index < -0.39 is 6.10 Å². The third kappa shape index (κ3) is 2.21. The molecule has 15 heavy (non-hydrogen) atoms. The standard InChI is InChI=1S/C11H11BrO3/c12-9-3-7-1-2-15-11(7)8(4-9)5-10(14)6-13/h3-4,6,10,14H,1-2,5H2. The maximum atomic E-state index is 10.4. The number of benzene rings is 1. The average Bonchev–Trinajstić information content (AvgIpc) is 2.65. The molecule has 2 rings (SSSR count). The molecule has 1 aliphatic rings. The van der Waals surface area contributed by atoms with E-state index in [-0.39, 0.29) is 0 Å². The molecule has 1 aromatic carbocycles. The van der Waals surface area contributed by atoms with Crippen LogP contribution in [0.4, 0.5) is 0 Å². The van der Waals surface area contributed by atoms with Crippen LogP contribution in [0.5, 0.6) is 5.75 Å². The first-order valence-corrected chi connectivity index (χ1v) is 5.57. The highest BCUT2D eigenvalue weighted by Crippen LogP contribution is 2.33. The first-order chi connectivity index (χ1) is 7.20. The summed E-state index contributed by atoms with van der Waals surface area (Å²) in [5.74, 6) is 0.833. The normalized spacial score (nSPS) is 15.6. The van der Waals surface area contributed by atoms with E-state index in [4.69, 9.17) is 4.74 Å². The molecular weight excluding hydrogens is 260 g/mol. The van der Waals surface area contributed by atoms with Crippen molar-refractivity contribution in [1.82, 2.24) is 0 Å². The van der Waals surface area contributed by atoms with Crippen molar-refractivity contribution in [2.75, 3.05) is 6.61 Å². The van der Waals surface area contributed by atoms with Crippen LogP contribution >= 0.6 is 15.9 Å². The second kappa shape index (κ2) is 4.33. The van der Waals surface area contributed by atoms with Crippen LogP contribution in [0.25, 0.3) is 0 Å². The second-order valence-electron chi connectivity index (χ2n) is 3.56. The Bertz CT molecular complexity index is 390. The molecule has 1 aliphatic heterocycles. The number of carbonyl (C=O) groups excluding carboxylic acids is 1. The van der Waals surface area contributed by atoms with E-state index in [9.17, 15) is 9.90 Å². The highest BCUT2D eigenvalue weighted by Gasteiger charge is 2.18. The molecule has 3 nitrogen and oxygen atoms in total. The maximum absolute atomic E-state index is 10.4. The predicted octanol–water partition coefficient (Wildman–Crippen LogP) is 1.49. The third-order valence-corrected chi connectivity index (χ3v) is 2.87. The zero-order valence-corrected chi connectivity index (χ0v) is 9.66. The summed E-state index contributed by atoms with van der Waals surface area (Å²) in [7, 11) is 0. The molecule has 0 saturated heterocycles. The van der Waals surface area contributed by atoms with Gasteiger partial charge in [0.05, 0.1) is 6.61 Å². The molecule has 1 atom stereocenters. The van der Waals surface area contributed by atoms with Gasteiger partial charge in [0.2, 0.25) is 0 Å². The predicted molar refractivity (Wildman–Crippen MR) is 59.1 cm³/mol. The number of aliphatic hydroxyl groups is 1. The summed E-state index contributed by atoms with van der Waals surface area (Å²) in [5, 5.41) is 9.29. The lowest BCUT2D eigenvalue weighted by atomic mass is 10.0. The SMILES string of the molecule is O=CC(O)Cc1cc(Br)cc2c1OCC2. The lowest BCUT2D eigenvalue weighted by molar-refractivity contribution is -0.114. The van der Waals surface area contributed by atoms with E-state index in [0.717, 1.165) is 27.8 Å². The van der Waals surface area contributed by atoms with Crippen molar-refractivity contribution in [2.24, 2.45) is 0 Å². The number of hydrogen-bond donors (Lipinski definition) is 1. The molecule has 0 aromatic heterocycles. The van der Waals surface area contributed by atoms with Crippen molar-refractivity contribution < 1.29 is 14.6 Å². The fourth-order valence-corrected chi connectivity index (χ4v) is 2.32. The van der Waals surface area contributed by atoms with Gasteiger partial charge in [0, 0.05) is 17.3 Å². The van der Waals surface area contributed by atoms with Crippen LogP contribution in [0.3, 0.4) is 0 Å². The number of aldehydes is 1. The Kier molecular flexibility index (Phi) is 3.07. The second-order valence-corrected chi connectivity index (χ2v) is 4.47. The average molecular weight is 271 g/mol. The molecule has 0 fully saturated rings. The summed E-state index contributed by atoms with van der Waals surface area (Å²) >= 11 is 3.40. The molecule has 0 aliphatic carbocycles. The van der Waals surface area contributed by atoms with Gasteiger partial charge in [0.1, 0.15) is 18.1 Å². The van der Waals surface area contributed by atoms with Crippen LogP contribution < -0.4 is 4.74 Å². The Hall–Kier alpha value is -0.870. The fraction of sp³-hybridized carbons (Fsp3) is 0.364. The van der Waals surface area contributed by atoms with Crippen molar-refractivity contribution in [3.05, 3.63) is 27.7 Å². The number of fused-ring (bicyclic) bond motifs is 1. The Morgan fingerprint density at radius 3 is 3.13 bits per heavy atom. The molecular formula is C11H11BrO3. The van der Waals surface area contributed by atoms with Crippen molar-refractivity contribution in [1.29, 1.82) is 0 Å². The van der Waals surface area contributed by atoms with Gasteiger partial charge >= 0.3 is 0 Å². The van der Waals surface area contributed by atoms with E-state index in [0.29, 0.717) is 19.3 Å². The van der Waals surface area contributed by atoms with Gasteiger partial charge in [-0.1, -0.05) is 15.9 Å². The van der Waals surface area contributed by atoms with Crippen LogP contribution in [0.15, 0.2) is 16.6 Å². The number of carbonyl (C=O) groups is 1. The molecule has 4 heteroatoms. The Balaban J connectivity index is 2.34. The van der Waals surface area contributed by atoms with Crippen molar-refractivity contribution in [3.8, 4) is 5.75 Å². The topological polar surface area (TPSA) is 46.5 Å². The lowest BCUT2D eigenvalue weighted by Gasteiger charge is -2.09. The monoisotopic (exact) mass is 270 g/mol. The molecule has 1 unspecified atom stereocenters. The van der Waals surface area contributed by atoms with Gasteiger partial charge < -0.3 is 14.6 Å². The summed E-state index contributed by atoms with van der Waals surface area (Å²) in [6.07, 6.45) is 0.791. The van der Waals surface area contributed by atoms with Gasteiger partial charge in [-0.15, -0.1) is 0 Å². The summed E-state index contributed by atoms with van der Waals surface area (Å²) < 4.78 is 6.44. The highest BCUT2D eigenvalue weighted by molar-refractivity contribution is 9.10. The van der Waals surface area contributed by atoms with Crippen LogP contribution in [0.1, 0.15) is 11.1 Å². The van der Waals surface area contributed by atoms with E-state index >= 15 is 0 Å². The van der Waals surface area contributed by atoms with Crippen molar-refractivity contribution in [3.63, 3.8) is 0 Å². The number of hydrogen-bond acceptors (Lipinski definition) is 3. The first kappa shape index (κ1) is 10.6. The third-order valence-electron chi connectivity index (χ3n) is 2.41. The van der Waals surface area contributed by atoms with Gasteiger partial charge in [-0.25, -0.2) is 0 Å². The highest BCUT2D eigenvalue weighted by atomic mass is 79.9. The Labute approximate surface area is 96.2 Å². The van der Waals surface area contributed by atoms with Crippen molar-refractivity contribution >= 4 is 22.2 Å². The maximum Gasteiger partial charge on any atom is 0.148 e. The van der Waals surface area contributed by atoms with Gasteiger partial charge in [-0.2, -0.15) is 0 Å². The molecule has 1 aromatic rings. The minimum atomic E-state index is -0.951. The largest absolute Gasteiger partial charge is 0.493 e. The number of aliphatic hydroxyl groups excluding tert-OH is 1. The smallest absolute Gasteiger partial charge is 0.148 e. The summed E-state index contributed by atoms with van der Waals surface area (Å²) in [5.41, 5.74) is 2.02. The van der Waals surface area contributed by atoms with E-state index in [1.807, 2.05) is 12.1 Å². The van der Waals surface area contributed by atoms with E-state index in [2.05, 4.69) is 15.9 Å². The summed E-state index contributed by atoms with van der Waals surface area (Å²) in [6, 6.07) is 3.90. The van der Waals surface area contributed by atoms with Crippen LogP contribution in [-0.2, 0) is 17.6 Å². The van der Waals surface area contributed by atoms with Crippen molar-refractivity contribution in [2.45, 2.75) is 18.9 Å². The summed E-state index contributed by atoms with van der Waals surface area (Å²) in [6.45, 7) is 0.677. The fourth-order valence-electron chi connectivity index (χ4n) is 1.77. The number of rotatable bonds is 3. The number of ether oxygens (including phenoxy) is 1. The van der Waals surface area contributed by atoms with E-state index in [1.165, 1.54) is 0 Å². The molecule has 1 heterocycles. The quantitative estimate of drug-likeness (QED) is 0.847. The first-order valence-electron chi connectivity index (χ1n) is 4.78. The molecule has 0 radical (unpaired) electrons. The Morgan fingerprint density at radius 2 is 2.40 bits per heavy atom. The van der Waals surface area contributed by atoms with Crippen LogP contribution in [0, 0.1) is 0 Å². The van der Waals surface area contributed by atoms with Crippen LogP contribution in [0.2, 0.25) is 0 Å². The molecule has 1 N–H and O–H groups in total. The zero-order valence-electron chi connectivity index (χ0n) is 8.07. The van der Waals surface area contributed by atoms with Gasteiger partial charge in [0.15, 0.2) is 0 Å². The molecule has 0 bridgehead atoms. The number of halogens is 1.